The van der Waals surface area contributed by atoms with Gasteiger partial charge in [-0.15, -0.1) is 11.3 Å². The number of amides is 1. The molecule has 0 saturated carbocycles. The van der Waals surface area contributed by atoms with Crippen LogP contribution in [0.1, 0.15) is 21.7 Å². The maximum absolute atomic E-state index is 13.0. The van der Waals surface area contributed by atoms with Crippen LogP contribution in [0.4, 0.5) is 0 Å². The van der Waals surface area contributed by atoms with E-state index in [2.05, 4.69) is 11.1 Å². The van der Waals surface area contributed by atoms with E-state index in [1.807, 2.05) is 36.4 Å². The lowest BCUT2D eigenvalue weighted by Crippen LogP contribution is -2.31. The van der Waals surface area contributed by atoms with E-state index in [4.69, 9.17) is 16.9 Å². The monoisotopic (exact) mass is 355 g/mol. The summed E-state index contributed by atoms with van der Waals surface area (Å²) in [5.74, 6) is -0.152. The molecule has 6 heteroatoms. The highest BCUT2D eigenvalue weighted by Gasteiger charge is 2.22. The fourth-order valence-corrected chi connectivity index (χ4v) is 3.92. The number of carbonyl (C=O) groups is 1. The van der Waals surface area contributed by atoms with Crippen LogP contribution in [0.25, 0.3) is 10.1 Å². The van der Waals surface area contributed by atoms with Crippen molar-refractivity contribution in [1.82, 2.24) is 9.88 Å². The number of fused-ring (bicyclic) bond motifs is 1. The van der Waals surface area contributed by atoms with E-state index in [1.54, 1.807) is 17.3 Å². The summed E-state index contributed by atoms with van der Waals surface area (Å²) in [6.45, 7) is 0.758. The zero-order valence-electron chi connectivity index (χ0n) is 12.8. The van der Waals surface area contributed by atoms with E-state index in [0.29, 0.717) is 23.0 Å². The van der Waals surface area contributed by atoms with Gasteiger partial charge in [0.15, 0.2) is 0 Å². The Morgan fingerprint density at radius 2 is 2.12 bits per heavy atom. The topological polar surface area (TPSA) is 57.0 Å². The van der Waals surface area contributed by atoms with Crippen molar-refractivity contribution in [2.75, 3.05) is 6.54 Å². The zero-order chi connectivity index (χ0) is 16.9. The Balaban J connectivity index is 1.92. The molecule has 2 heterocycles. The van der Waals surface area contributed by atoms with Gasteiger partial charge in [-0.2, -0.15) is 5.26 Å². The molecular formula is C18H14ClN3OS. The number of rotatable bonds is 5. The van der Waals surface area contributed by atoms with Crippen LogP contribution in [0, 0.1) is 11.3 Å². The molecule has 0 fully saturated rings. The van der Waals surface area contributed by atoms with E-state index >= 15 is 0 Å². The highest BCUT2D eigenvalue weighted by Crippen LogP contribution is 2.36. The Bertz CT molecular complexity index is 902. The second kappa shape index (κ2) is 7.43. The molecule has 1 amide bonds. The minimum atomic E-state index is -0.152. The number of nitrogens with zero attached hydrogens (tertiary/aromatic N) is 3. The van der Waals surface area contributed by atoms with Crippen LogP contribution < -0.4 is 0 Å². The van der Waals surface area contributed by atoms with Crippen molar-refractivity contribution in [3.63, 3.8) is 0 Å². The van der Waals surface area contributed by atoms with Crippen LogP contribution in [0.15, 0.2) is 48.8 Å². The number of hydrogen-bond donors (Lipinski definition) is 0. The molecule has 0 spiro atoms. The van der Waals surface area contributed by atoms with Gasteiger partial charge in [-0.05, 0) is 17.7 Å². The van der Waals surface area contributed by atoms with Gasteiger partial charge in [0.05, 0.1) is 17.5 Å². The van der Waals surface area contributed by atoms with Crippen LogP contribution in [-0.2, 0) is 6.54 Å². The molecule has 0 saturated heterocycles. The molecule has 0 aliphatic carbocycles. The van der Waals surface area contributed by atoms with E-state index in [1.165, 1.54) is 11.3 Å². The van der Waals surface area contributed by atoms with Gasteiger partial charge in [0, 0.05) is 35.6 Å². The van der Waals surface area contributed by atoms with Gasteiger partial charge >= 0.3 is 0 Å². The number of aromatic nitrogens is 1. The van der Waals surface area contributed by atoms with E-state index in [-0.39, 0.29) is 12.3 Å². The van der Waals surface area contributed by atoms with Crippen LogP contribution in [0.2, 0.25) is 5.02 Å². The summed E-state index contributed by atoms with van der Waals surface area (Å²) in [5, 5.41) is 10.2. The van der Waals surface area contributed by atoms with Crippen LogP contribution in [-0.4, -0.2) is 22.3 Å². The molecule has 0 radical (unpaired) electrons. The second-order valence-electron chi connectivity index (χ2n) is 5.24. The van der Waals surface area contributed by atoms with Crippen molar-refractivity contribution < 1.29 is 4.79 Å². The Kier molecular flexibility index (Phi) is 5.09. The quantitative estimate of drug-likeness (QED) is 0.676. The highest BCUT2D eigenvalue weighted by atomic mass is 35.5. The smallest absolute Gasteiger partial charge is 0.265 e. The lowest BCUT2D eigenvalue weighted by molar-refractivity contribution is 0.0752. The van der Waals surface area contributed by atoms with Gasteiger partial charge < -0.3 is 4.90 Å². The van der Waals surface area contributed by atoms with Crippen LogP contribution in [0.3, 0.4) is 0 Å². The molecule has 3 aromatic rings. The molecule has 0 bridgehead atoms. The van der Waals surface area contributed by atoms with E-state index < -0.39 is 0 Å². The van der Waals surface area contributed by atoms with Crippen molar-refractivity contribution >= 4 is 38.9 Å². The summed E-state index contributed by atoms with van der Waals surface area (Å²) in [7, 11) is 0. The molecule has 0 aliphatic heterocycles. The maximum Gasteiger partial charge on any atom is 0.265 e. The number of hydrogen-bond acceptors (Lipinski definition) is 4. The lowest BCUT2D eigenvalue weighted by Gasteiger charge is -2.21. The van der Waals surface area contributed by atoms with Gasteiger partial charge in [0.25, 0.3) is 5.91 Å². The van der Waals surface area contributed by atoms with Gasteiger partial charge in [-0.1, -0.05) is 35.9 Å². The first-order valence-corrected chi connectivity index (χ1v) is 8.62. The number of nitriles is 1. The van der Waals surface area contributed by atoms with Crippen molar-refractivity contribution in [2.24, 2.45) is 0 Å². The van der Waals surface area contributed by atoms with Gasteiger partial charge in [0.2, 0.25) is 0 Å². The highest BCUT2D eigenvalue weighted by molar-refractivity contribution is 7.21. The lowest BCUT2D eigenvalue weighted by atomic mass is 10.2. The van der Waals surface area contributed by atoms with Gasteiger partial charge in [0.1, 0.15) is 4.88 Å². The van der Waals surface area contributed by atoms with Gasteiger partial charge in [-0.3, -0.25) is 9.78 Å². The minimum Gasteiger partial charge on any atom is -0.332 e. The fourth-order valence-electron chi connectivity index (χ4n) is 2.44. The molecular weight excluding hydrogens is 342 g/mol. The Morgan fingerprint density at radius 3 is 2.83 bits per heavy atom. The first-order chi connectivity index (χ1) is 11.7. The summed E-state index contributed by atoms with van der Waals surface area (Å²) in [6, 6.07) is 13.5. The Morgan fingerprint density at radius 1 is 1.29 bits per heavy atom. The zero-order valence-corrected chi connectivity index (χ0v) is 14.3. The van der Waals surface area contributed by atoms with Crippen LogP contribution >= 0.6 is 22.9 Å². The molecule has 4 nitrogen and oxygen atoms in total. The average molecular weight is 356 g/mol. The third kappa shape index (κ3) is 3.40. The number of halogens is 1. The molecule has 0 N–H and O–H groups in total. The van der Waals surface area contributed by atoms with Crippen molar-refractivity contribution in [3.05, 3.63) is 64.3 Å². The SMILES string of the molecule is N#CCCN(Cc1cccnc1)C(=O)c1sc2ccccc2c1Cl. The molecule has 24 heavy (non-hydrogen) atoms. The predicted molar refractivity (Wildman–Crippen MR) is 96.0 cm³/mol. The van der Waals surface area contributed by atoms with Crippen molar-refractivity contribution in [2.45, 2.75) is 13.0 Å². The predicted octanol–water partition coefficient (Wildman–Crippen LogP) is 4.51. The Labute approximate surface area is 148 Å². The third-order valence-electron chi connectivity index (χ3n) is 3.61. The molecule has 120 valence electrons. The molecule has 1 aromatic carbocycles. The summed E-state index contributed by atoms with van der Waals surface area (Å²) in [5.41, 5.74) is 0.918. The standard InChI is InChI=1S/C18H14ClN3OS/c19-16-14-6-1-2-7-15(14)24-17(16)18(23)22(10-4-8-20)12-13-5-3-9-21-11-13/h1-3,5-7,9,11H,4,10,12H2. The summed E-state index contributed by atoms with van der Waals surface area (Å²) >= 11 is 7.80. The first-order valence-electron chi connectivity index (χ1n) is 7.43. The molecule has 0 unspecified atom stereocenters. The van der Waals surface area contributed by atoms with Crippen LogP contribution in [0.5, 0.6) is 0 Å². The molecule has 0 atom stereocenters. The maximum atomic E-state index is 13.0. The molecule has 3 rings (SSSR count). The summed E-state index contributed by atoms with van der Waals surface area (Å²) in [4.78, 5) is 19.2. The first kappa shape index (κ1) is 16.4. The van der Waals surface area contributed by atoms with Crippen molar-refractivity contribution in [1.29, 1.82) is 5.26 Å². The fraction of sp³-hybridized carbons (Fsp3) is 0.167. The Hall–Kier alpha value is -2.42. The number of pyridine rings is 1. The second-order valence-corrected chi connectivity index (χ2v) is 6.67. The summed E-state index contributed by atoms with van der Waals surface area (Å²) in [6.07, 6.45) is 3.68. The molecule has 0 aliphatic rings. The number of carbonyl (C=O) groups excluding carboxylic acids is 1. The number of thiophene rings is 1. The van der Waals surface area contributed by atoms with E-state index in [9.17, 15) is 4.79 Å². The normalized spacial score (nSPS) is 10.5. The largest absolute Gasteiger partial charge is 0.332 e. The minimum absolute atomic E-state index is 0.152. The summed E-state index contributed by atoms with van der Waals surface area (Å²) < 4.78 is 0.979. The van der Waals surface area contributed by atoms with Crippen molar-refractivity contribution in [3.8, 4) is 6.07 Å². The third-order valence-corrected chi connectivity index (χ3v) is 5.27. The van der Waals surface area contributed by atoms with E-state index in [0.717, 1.165) is 15.6 Å². The average Bonchev–Trinajstić information content (AvgIpc) is 2.96. The molecule has 2 aromatic heterocycles. The number of benzene rings is 1. The van der Waals surface area contributed by atoms with Gasteiger partial charge in [-0.25, -0.2) is 0 Å².